The summed E-state index contributed by atoms with van der Waals surface area (Å²) in [4.78, 5) is 8.63. The van der Waals surface area contributed by atoms with E-state index < -0.39 is 0 Å². The molecule has 1 aromatic heterocycles. The van der Waals surface area contributed by atoms with Crippen LogP contribution < -0.4 is 5.32 Å². The van der Waals surface area contributed by atoms with Crippen molar-refractivity contribution in [3.8, 4) is 0 Å². The molecule has 4 heteroatoms. The van der Waals surface area contributed by atoms with E-state index in [0.29, 0.717) is 11.4 Å². The van der Waals surface area contributed by atoms with Crippen molar-refractivity contribution in [2.45, 2.75) is 12.8 Å². The highest BCUT2D eigenvalue weighted by Crippen LogP contribution is 2.17. The van der Waals surface area contributed by atoms with Crippen LogP contribution in [-0.4, -0.2) is 23.1 Å². The van der Waals surface area contributed by atoms with Gasteiger partial charge in [0.2, 0.25) is 0 Å². The van der Waals surface area contributed by atoms with Gasteiger partial charge in [-0.2, -0.15) is 0 Å². The minimum atomic E-state index is -0.268. The smallest absolute Gasteiger partial charge is 0.149 e. The monoisotopic (exact) mass is 231 g/mol. The Morgan fingerprint density at radius 1 is 1.41 bits per heavy atom. The molecule has 1 aliphatic heterocycles. The third-order valence-corrected chi connectivity index (χ3v) is 3.25. The highest BCUT2D eigenvalue weighted by Gasteiger charge is 2.16. The molecule has 2 aromatic rings. The van der Waals surface area contributed by atoms with Crippen molar-refractivity contribution in [1.29, 1.82) is 0 Å². The summed E-state index contributed by atoms with van der Waals surface area (Å²) >= 11 is 0. The summed E-state index contributed by atoms with van der Waals surface area (Å²) in [5, 5.41) is 4.07. The molecule has 0 bridgehead atoms. The first-order chi connectivity index (χ1) is 8.33. The van der Waals surface area contributed by atoms with Gasteiger partial charge in [0.25, 0.3) is 0 Å². The maximum absolute atomic E-state index is 13.6. The molecule has 0 spiro atoms. The fourth-order valence-corrected chi connectivity index (χ4v) is 2.30. The highest BCUT2D eigenvalue weighted by atomic mass is 19.1. The van der Waals surface area contributed by atoms with Crippen molar-refractivity contribution < 1.29 is 4.39 Å². The standard InChI is InChI=1S/C13H14FN3/c14-11-3-1-2-10-8-16-12(17-13(10)11)6-9-4-5-15-7-9/h1-3,8-9,15H,4-7H2/t9-/m0/s1. The molecule has 1 N–H and O–H groups in total. The first-order valence-electron chi connectivity index (χ1n) is 5.94. The largest absolute Gasteiger partial charge is 0.316 e. The molecule has 1 aromatic carbocycles. The lowest BCUT2D eigenvalue weighted by Gasteiger charge is -2.07. The first kappa shape index (κ1) is 10.6. The Balaban J connectivity index is 1.92. The third-order valence-electron chi connectivity index (χ3n) is 3.25. The fourth-order valence-electron chi connectivity index (χ4n) is 2.30. The molecule has 88 valence electrons. The van der Waals surface area contributed by atoms with Crippen LogP contribution in [0.4, 0.5) is 4.39 Å². The lowest BCUT2D eigenvalue weighted by molar-refractivity contribution is 0.561. The van der Waals surface area contributed by atoms with E-state index in [4.69, 9.17) is 0 Å². The molecule has 1 saturated heterocycles. The molecule has 17 heavy (non-hydrogen) atoms. The second-order valence-corrected chi connectivity index (χ2v) is 4.53. The number of halogens is 1. The van der Waals surface area contributed by atoms with Crippen molar-refractivity contribution in [3.05, 3.63) is 36.0 Å². The first-order valence-corrected chi connectivity index (χ1v) is 5.94. The van der Waals surface area contributed by atoms with Gasteiger partial charge in [0.05, 0.1) is 0 Å². The van der Waals surface area contributed by atoms with Gasteiger partial charge in [-0.05, 0) is 31.5 Å². The lowest BCUT2D eigenvalue weighted by atomic mass is 10.0. The van der Waals surface area contributed by atoms with Gasteiger partial charge in [-0.3, -0.25) is 0 Å². The van der Waals surface area contributed by atoms with Crippen LogP contribution in [0.15, 0.2) is 24.4 Å². The number of hydrogen-bond acceptors (Lipinski definition) is 3. The molecule has 2 heterocycles. The topological polar surface area (TPSA) is 37.8 Å². The second-order valence-electron chi connectivity index (χ2n) is 4.53. The van der Waals surface area contributed by atoms with Gasteiger partial charge in [0.15, 0.2) is 0 Å². The molecule has 0 radical (unpaired) electrons. The summed E-state index contributed by atoms with van der Waals surface area (Å²) in [6.45, 7) is 2.07. The van der Waals surface area contributed by atoms with Gasteiger partial charge in [0.1, 0.15) is 17.2 Å². The number of nitrogens with zero attached hydrogens (tertiary/aromatic N) is 2. The van der Waals surface area contributed by atoms with E-state index in [0.717, 1.165) is 37.1 Å². The van der Waals surface area contributed by atoms with Crippen LogP contribution in [0.2, 0.25) is 0 Å². The molecule has 0 saturated carbocycles. The number of aromatic nitrogens is 2. The number of fused-ring (bicyclic) bond motifs is 1. The zero-order valence-electron chi connectivity index (χ0n) is 9.49. The van der Waals surface area contributed by atoms with E-state index in [1.165, 1.54) is 6.07 Å². The summed E-state index contributed by atoms with van der Waals surface area (Å²) in [6, 6.07) is 4.96. The molecule has 0 amide bonds. The molecule has 0 unspecified atom stereocenters. The van der Waals surface area contributed by atoms with Gasteiger partial charge in [-0.1, -0.05) is 12.1 Å². The average Bonchev–Trinajstić information content (AvgIpc) is 2.83. The van der Waals surface area contributed by atoms with Crippen molar-refractivity contribution in [2.75, 3.05) is 13.1 Å². The van der Waals surface area contributed by atoms with Crippen LogP contribution in [0.1, 0.15) is 12.2 Å². The van der Waals surface area contributed by atoms with E-state index >= 15 is 0 Å². The number of para-hydroxylation sites is 1. The van der Waals surface area contributed by atoms with E-state index in [-0.39, 0.29) is 5.82 Å². The summed E-state index contributed by atoms with van der Waals surface area (Å²) in [5.74, 6) is 1.06. The molecule has 3 rings (SSSR count). The van der Waals surface area contributed by atoms with Gasteiger partial charge < -0.3 is 5.32 Å². The summed E-state index contributed by atoms with van der Waals surface area (Å²) in [5.41, 5.74) is 0.434. The Kier molecular flexibility index (Phi) is 2.73. The zero-order valence-corrected chi connectivity index (χ0v) is 9.49. The van der Waals surface area contributed by atoms with Crippen LogP contribution in [0.5, 0.6) is 0 Å². The molecule has 1 fully saturated rings. The summed E-state index contributed by atoms with van der Waals surface area (Å²) in [6.07, 6.45) is 3.69. The number of rotatable bonds is 2. The summed E-state index contributed by atoms with van der Waals surface area (Å²) < 4.78 is 13.6. The van der Waals surface area contributed by atoms with Crippen LogP contribution in [0, 0.1) is 11.7 Å². The molecule has 1 atom stereocenters. The second kappa shape index (κ2) is 4.37. The number of nitrogens with one attached hydrogen (secondary N) is 1. The SMILES string of the molecule is Fc1cccc2cnc(C[C@@H]3CCNC3)nc12. The van der Waals surface area contributed by atoms with Gasteiger partial charge in [-0.25, -0.2) is 14.4 Å². The maximum atomic E-state index is 13.6. The van der Waals surface area contributed by atoms with E-state index in [1.807, 2.05) is 6.07 Å². The van der Waals surface area contributed by atoms with Crippen LogP contribution in [0.3, 0.4) is 0 Å². The van der Waals surface area contributed by atoms with E-state index in [2.05, 4.69) is 15.3 Å². The normalized spacial score (nSPS) is 19.9. The highest BCUT2D eigenvalue weighted by molar-refractivity contribution is 5.77. The molecular weight excluding hydrogens is 217 g/mol. The maximum Gasteiger partial charge on any atom is 0.149 e. The van der Waals surface area contributed by atoms with Crippen LogP contribution in [0.25, 0.3) is 10.9 Å². The Morgan fingerprint density at radius 2 is 2.35 bits per heavy atom. The average molecular weight is 231 g/mol. The van der Waals surface area contributed by atoms with Crippen molar-refractivity contribution in [2.24, 2.45) is 5.92 Å². The van der Waals surface area contributed by atoms with Gasteiger partial charge >= 0.3 is 0 Å². The third kappa shape index (κ3) is 2.13. The van der Waals surface area contributed by atoms with Crippen LogP contribution in [-0.2, 0) is 6.42 Å². The van der Waals surface area contributed by atoms with Crippen molar-refractivity contribution >= 4 is 10.9 Å². The van der Waals surface area contributed by atoms with E-state index in [9.17, 15) is 4.39 Å². The predicted molar refractivity (Wildman–Crippen MR) is 64.2 cm³/mol. The number of hydrogen-bond donors (Lipinski definition) is 1. The lowest BCUT2D eigenvalue weighted by Crippen LogP contribution is -2.12. The molecule has 1 aliphatic rings. The molecule has 0 aliphatic carbocycles. The molecular formula is C13H14FN3. The van der Waals surface area contributed by atoms with Gasteiger partial charge in [0, 0.05) is 18.0 Å². The predicted octanol–water partition coefficient (Wildman–Crippen LogP) is 1.92. The Labute approximate surface area is 99.1 Å². The van der Waals surface area contributed by atoms with Gasteiger partial charge in [-0.15, -0.1) is 0 Å². The summed E-state index contributed by atoms with van der Waals surface area (Å²) in [7, 11) is 0. The van der Waals surface area contributed by atoms with E-state index in [1.54, 1.807) is 12.3 Å². The Morgan fingerprint density at radius 3 is 3.18 bits per heavy atom. The zero-order chi connectivity index (χ0) is 11.7. The minimum absolute atomic E-state index is 0.268. The Bertz CT molecular complexity index is 535. The number of benzene rings is 1. The van der Waals surface area contributed by atoms with Crippen LogP contribution >= 0.6 is 0 Å². The van der Waals surface area contributed by atoms with Crippen molar-refractivity contribution in [1.82, 2.24) is 15.3 Å². The quantitative estimate of drug-likeness (QED) is 0.858. The Hall–Kier alpha value is -1.55. The molecule has 3 nitrogen and oxygen atoms in total. The van der Waals surface area contributed by atoms with Crippen molar-refractivity contribution in [3.63, 3.8) is 0 Å². The minimum Gasteiger partial charge on any atom is -0.316 e. The fraction of sp³-hybridized carbons (Fsp3) is 0.385.